The molecule has 7 nitrogen and oxygen atoms in total. The fourth-order valence-electron chi connectivity index (χ4n) is 2.61. The zero-order valence-electron chi connectivity index (χ0n) is 16.5. The Labute approximate surface area is 174 Å². The maximum absolute atomic E-state index is 12.5. The summed E-state index contributed by atoms with van der Waals surface area (Å²) in [6, 6.07) is 15.3. The van der Waals surface area contributed by atoms with Crippen molar-refractivity contribution >= 4 is 46.3 Å². The lowest BCUT2D eigenvalue weighted by molar-refractivity contribution is -0.123. The third kappa shape index (κ3) is 5.92. The number of carbonyl (C=O) groups is 2. The van der Waals surface area contributed by atoms with Crippen molar-refractivity contribution in [1.82, 2.24) is 5.32 Å². The molecule has 1 aliphatic rings. The maximum Gasteiger partial charge on any atom is 0.238 e. The molecule has 0 saturated carbocycles. The van der Waals surface area contributed by atoms with Crippen molar-refractivity contribution in [2.45, 2.75) is 18.6 Å². The van der Waals surface area contributed by atoms with Gasteiger partial charge in [0.1, 0.15) is 5.25 Å². The van der Waals surface area contributed by atoms with Gasteiger partial charge in [0, 0.05) is 31.9 Å². The Hall–Kier alpha value is -3.13. The first-order chi connectivity index (χ1) is 13.9. The number of hydrogen-bond donors (Lipinski definition) is 2. The van der Waals surface area contributed by atoms with Crippen LogP contribution >= 0.6 is 11.8 Å². The topological polar surface area (TPSA) is 86.2 Å². The molecule has 2 amide bonds. The largest absolute Gasteiger partial charge is 0.378 e. The van der Waals surface area contributed by atoms with Gasteiger partial charge >= 0.3 is 0 Å². The molecule has 0 spiro atoms. The Morgan fingerprint density at radius 2 is 1.86 bits per heavy atom. The van der Waals surface area contributed by atoms with E-state index in [4.69, 9.17) is 0 Å². The van der Waals surface area contributed by atoms with E-state index in [2.05, 4.69) is 20.8 Å². The van der Waals surface area contributed by atoms with Crippen LogP contribution in [-0.2, 0) is 9.59 Å². The normalized spacial score (nSPS) is 18.0. The first-order valence-corrected chi connectivity index (χ1v) is 10.0. The molecule has 1 heterocycles. The number of carbonyl (C=O) groups excluding carboxylic acids is 2. The van der Waals surface area contributed by atoms with Crippen molar-refractivity contribution in [3.8, 4) is 0 Å². The molecular weight excluding hydrogens is 386 g/mol. The van der Waals surface area contributed by atoms with E-state index in [9.17, 15) is 9.59 Å². The average Bonchev–Trinajstić information content (AvgIpc) is 2.69. The molecule has 0 aliphatic carbocycles. The highest BCUT2D eigenvalue weighted by molar-refractivity contribution is 8.15. The summed E-state index contributed by atoms with van der Waals surface area (Å²) in [5.41, 5.74) is 3.79. The van der Waals surface area contributed by atoms with Crippen molar-refractivity contribution in [1.29, 1.82) is 0 Å². The summed E-state index contributed by atoms with van der Waals surface area (Å²) in [5.74, 6) is -0.484. The molecule has 0 bridgehead atoms. The molecule has 3 rings (SSSR count). The van der Waals surface area contributed by atoms with E-state index >= 15 is 0 Å². The van der Waals surface area contributed by atoms with Crippen LogP contribution in [0.1, 0.15) is 17.5 Å². The molecule has 1 atom stereocenters. The summed E-state index contributed by atoms with van der Waals surface area (Å²) in [6.07, 6.45) is 1.70. The Bertz CT molecular complexity index is 937. The van der Waals surface area contributed by atoms with Gasteiger partial charge in [-0.05, 0) is 36.8 Å². The molecule has 0 radical (unpaired) electrons. The van der Waals surface area contributed by atoms with E-state index in [1.165, 1.54) is 11.8 Å². The number of nitrogens with one attached hydrogen (secondary N) is 2. The van der Waals surface area contributed by atoms with Crippen LogP contribution in [-0.4, -0.2) is 42.5 Å². The highest BCUT2D eigenvalue weighted by atomic mass is 32.2. The van der Waals surface area contributed by atoms with Gasteiger partial charge in [-0.2, -0.15) is 5.10 Å². The van der Waals surface area contributed by atoms with Crippen molar-refractivity contribution in [3.05, 3.63) is 59.7 Å². The summed E-state index contributed by atoms with van der Waals surface area (Å²) in [7, 11) is 3.95. The molecule has 150 valence electrons. The number of rotatable bonds is 5. The quantitative estimate of drug-likeness (QED) is 0.587. The number of thioether (sulfide) groups is 1. The van der Waals surface area contributed by atoms with Crippen molar-refractivity contribution in [2.75, 3.05) is 24.3 Å². The molecule has 2 aromatic carbocycles. The molecule has 0 aromatic heterocycles. The molecule has 2 aromatic rings. The van der Waals surface area contributed by atoms with Crippen LogP contribution in [0, 0.1) is 6.92 Å². The number of amidine groups is 1. The van der Waals surface area contributed by atoms with E-state index in [1.54, 1.807) is 6.21 Å². The van der Waals surface area contributed by atoms with Crippen LogP contribution in [0.4, 0.5) is 11.4 Å². The lowest BCUT2D eigenvalue weighted by Crippen LogP contribution is -2.41. The van der Waals surface area contributed by atoms with Crippen LogP contribution in [0.5, 0.6) is 0 Å². The number of anilines is 2. The molecular formula is C21H23N5O2S. The number of aryl methyl sites for hydroxylation is 1. The van der Waals surface area contributed by atoms with Crippen molar-refractivity contribution in [3.63, 3.8) is 0 Å². The van der Waals surface area contributed by atoms with E-state index in [-0.39, 0.29) is 18.2 Å². The van der Waals surface area contributed by atoms with Gasteiger partial charge < -0.3 is 15.5 Å². The second-order valence-electron chi connectivity index (χ2n) is 6.85. The van der Waals surface area contributed by atoms with Crippen molar-refractivity contribution < 1.29 is 9.59 Å². The standard InChI is InChI=1S/C21H23N5O2S/c1-14-4-8-16(9-5-14)23-20(28)18-12-19(27)24-21(29-18)25-22-13-15-6-10-17(11-7-15)26(2)3/h4-11,13,18H,12H2,1-3H3,(H,23,28)(H,24,25,27)/b22-13+. The monoisotopic (exact) mass is 409 g/mol. The Kier molecular flexibility index (Phi) is 6.66. The van der Waals surface area contributed by atoms with Crippen molar-refractivity contribution in [2.24, 2.45) is 10.2 Å². The van der Waals surface area contributed by atoms with E-state index in [0.29, 0.717) is 10.9 Å². The fourth-order valence-corrected chi connectivity index (χ4v) is 3.54. The lowest BCUT2D eigenvalue weighted by Gasteiger charge is -2.21. The summed E-state index contributed by atoms with van der Waals surface area (Å²) in [6.45, 7) is 1.98. The molecule has 1 fully saturated rings. The van der Waals surface area contributed by atoms with Gasteiger partial charge in [-0.3, -0.25) is 9.59 Å². The number of nitrogens with zero attached hydrogens (tertiary/aromatic N) is 3. The Morgan fingerprint density at radius 3 is 2.52 bits per heavy atom. The first kappa shape index (κ1) is 20.6. The van der Waals surface area contributed by atoms with Gasteiger partial charge in [0.15, 0.2) is 5.17 Å². The Morgan fingerprint density at radius 1 is 1.17 bits per heavy atom. The average molecular weight is 410 g/mol. The summed E-state index contributed by atoms with van der Waals surface area (Å²) >= 11 is 1.19. The zero-order valence-corrected chi connectivity index (χ0v) is 17.4. The molecule has 1 unspecified atom stereocenters. The molecule has 1 saturated heterocycles. The maximum atomic E-state index is 12.5. The summed E-state index contributed by atoms with van der Waals surface area (Å²) in [4.78, 5) is 26.5. The van der Waals surface area contributed by atoms with Crippen LogP contribution in [0.2, 0.25) is 0 Å². The van der Waals surface area contributed by atoms with Gasteiger partial charge in [-0.1, -0.05) is 41.6 Å². The summed E-state index contributed by atoms with van der Waals surface area (Å²) in [5, 5.41) is 13.4. The zero-order chi connectivity index (χ0) is 20.8. The van der Waals surface area contributed by atoms with Gasteiger partial charge in [0.05, 0.1) is 6.21 Å². The van der Waals surface area contributed by atoms with Gasteiger partial charge in [0.25, 0.3) is 0 Å². The minimum absolute atomic E-state index is 0.0943. The van der Waals surface area contributed by atoms with Gasteiger partial charge in [-0.25, -0.2) is 0 Å². The first-order valence-electron chi connectivity index (χ1n) is 9.13. The predicted molar refractivity (Wildman–Crippen MR) is 120 cm³/mol. The summed E-state index contributed by atoms with van der Waals surface area (Å²) < 4.78 is 0. The highest BCUT2D eigenvalue weighted by Crippen LogP contribution is 2.22. The van der Waals surface area contributed by atoms with E-state index in [1.807, 2.05) is 74.4 Å². The number of benzene rings is 2. The molecule has 2 N–H and O–H groups in total. The highest BCUT2D eigenvalue weighted by Gasteiger charge is 2.30. The minimum atomic E-state index is -0.557. The van der Waals surface area contributed by atoms with Gasteiger partial charge in [0.2, 0.25) is 11.8 Å². The molecule has 8 heteroatoms. The van der Waals surface area contributed by atoms with Crippen LogP contribution in [0.15, 0.2) is 58.7 Å². The third-order valence-corrected chi connectivity index (χ3v) is 5.32. The third-order valence-electron chi connectivity index (χ3n) is 4.25. The van der Waals surface area contributed by atoms with Crippen LogP contribution in [0.25, 0.3) is 0 Å². The van der Waals surface area contributed by atoms with Crippen LogP contribution in [0.3, 0.4) is 0 Å². The predicted octanol–water partition coefficient (Wildman–Crippen LogP) is 3.01. The smallest absolute Gasteiger partial charge is 0.238 e. The minimum Gasteiger partial charge on any atom is -0.378 e. The second-order valence-corrected chi connectivity index (χ2v) is 8.04. The van der Waals surface area contributed by atoms with Crippen LogP contribution < -0.4 is 15.5 Å². The lowest BCUT2D eigenvalue weighted by atomic mass is 10.2. The molecule has 1 aliphatic heterocycles. The number of hydrogen-bond acceptors (Lipinski definition) is 6. The van der Waals surface area contributed by atoms with E-state index < -0.39 is 5.25 Å². The van der Waals surface area contributed by atoms with Gasteiger partial charge in [-0.15, -0.1) is 5.10 Å². The second kappa shape index (κ2) is 9.38. The fraction of sp³-hybridized carbons (Fsp3) is 0.238. The molecule has 29 heavy (non-hydrogen) atoms. The van der Waals surface area contributed by atoms with E-state index in [0.717, 1.165) is 16.8 Å². The SMILES string of the molecule is Cc1ccc(NC(=O)C2CC(=O)N/C(=N\N=C\c3ccc(N(C)C)cc3)S2)cc1. The number of amides is 2. The Balaban J connectivity index is 1.63.